The van der Waals surface area contributed by atoms with E-state index in [4.69, 9.17) is 0 Å². The van der Waals surface area contributed by atoms with Crippen LogP contribution >= 0.6 is 0 Å². The average Bonchev–Trinajstić information content (AvgIpc) is 2.78. The van der Waals surface area contributed by atoms with E-state index in [1.807, 2.05) is 13.0 Å². The van der Waals surface area contributed by atoms with Crippen molar-refractivity contribution >= 4 is 0 Å². The van der Waals surface area contributed by atoms with E-state index in [1.54, 1.807) is 0 Å². The molecule has 5 atom stereocenters. The summed E-state index contributed by atoms with van der Waals surface area (Å²) in [6, 6.07) is 7.00. The van der Waals surface area contributed by atoms with Gasteiger partial charge in [0.05, 0.1) is 0 Å². The summed E-state index contributed by atoms with van der Waals surface area (Å²) >= 11 is 0. The molecule has 2 N–H and O–H groups in total. The van der Waals surface area contributed by atoms with Gasteiger partial charge >= 0.3 is 0 Å². The third-order valence-electron chi connectivity index (χ3n) is 5.83. The van der Waals surface area contributed by atoms with Crippen molar-refractivity contribution in [3.63, 3.8) is 0 Å². The SMILES string of the molecule is Cc1ccc(C(C)NC2C3C4CCC(C4)C23)c(O)c1. The van der Waals surface area contributed by atoms with Gasteiger partial charge in [0.2, 0.25) is 0 Å². The molecule has 5 unspecified atom stereocenters. The van der Waals surface area contributed by atoms with Gasteiger partial charge in [-0.15, -0.1) is 0 Å². The summed E-state index contributed by atoms with van der Waals surface area (Å²) in [4.78, 5) is 0. The molecule has 0 heterocycles. The smallest absolute Gasteiger partial charge is 0.120 e. The molecule has 1 aromatic rings. The van der Waals surface area contributed by atoms with Crippen LogP contribution in [-0.4, -0.2) is 11.1 Å². The fraction of sp³-hybridized carbons (Fsp3) is 0.647. The topological polar surface area (TPSA) is 32.3 Å². The molecular weight excluding hydrogens is 234 g/mol. The van der Waals surface area contributed by atoms with E-state index in [9.17, 15) is 5.11 Å². The lowest BCUT2D eigenvalue weighted by Gasteiger charge is -2.18. The van der Waals surface area contributed by atoms with Crippen molar-refractivity contribution in [3.8, 4) is 5.75 Å². The summed E-state index contributed by atoms with van der Waals surface area (Å²) < 4.78 is 0. The summed E-state index contributed by atoms with van der Waals surface area (Å²) in [5.74, 6) is 4.36. The molecule has 2 nitrogen and oxygen atoms in total. The Balaban J connectivity index is 1.46. The molecule has 4 rings (SSSR count). The second-order valence-electron chi connectivity index (χ2n) is 6.96. The first-order valence-electron chi connectivity index (χ1n) is 7.70. The molecule has 0 aliphatic heterocycles. The zero-order chi connectivity index (χ0) is 13.1. The van der Waals surface area contributed by atoms with Gasteiger partial charge in [-0.3, -0.25) is 0 Å². The van der Waals surface area contributed by atoms with Crippen LogP contribution in [0.5, 0.6) is 5.75 Å². The highest BCUT2D eigenvalue weighted by atomic mass is 16.3. The summed E-state index contributed by atoms with van der Waals surface area (Å²) in [6.07, 6.45) is 4.43. The molecule has 3 aliphatic carbocycles. The van der Waals surface area contributed by atoms with E-state index in [-0.39, 0.29) is 6.04 Å². The minimum atomic E-state index is 0.260. The van der Waals surface area contributed by atoms with Gasteiger partial charge < -0.3 is 10.4 Å². The Hall–Kier alpha value is -1.02. The van der Waals surface area contributed by atoms with E-state index < -0.39 is 0 Å². The number of phenolic OH excluding ortho intramolecular Hbond substituents is 1. The maximum absolute atomic E-state index is 10.1. The zero-order valence-electron chi connectivity index (χ0n) is 11.8. The van der Waals surface area contributed by atoms with Gasteiger partial charge in [-0.25, -0.2) is 0 Å². The molecule has 2 heteroatoms. The number of nitrogens with one attached hydrogen (secondary N) is 1. The van der Waals surface area contributed by atoms with E-state index in [2.05, 4.69) is 24.4 Å². The number of aryl methyl sites for hydroxylation is 1. The fourth-order valence-corrected chi connectivity index (χ4v) is 4.95. The lowest BCUT2D eigenvalue weighted by molar-refractivity contribution is 0.417. The molecule has 102 valence electrons. The zero-order valence-corrected chi connectivity index (χ0v) is 11.8. The van der Waals surface area contributed by atoms with E-state index in [0.29, 0.717) is 5.75 Å². The Bertz CT molecular complexity index is 496. The predicted octanol–water partition coefficient (Wildman–Crippen LogP) is 3.40. The number of phenols is 1. The van der Waals surface area contributed by atoms with Crippen molar-refractivity contribution in [2.45, 2.75) is 45.2 Å². The Labute approximate surface area is 115 Å². The largest absolute Gasteiger partial charge is 0.508 e. The maximum atomic E-state index is 10.1. The first-order valence-corrected chi connectivity index (χ1v) is 7.70. The molecule has 3 aliphatic rings. The van der Waals surface area contributed by atoms with Gasteiger partial charge in [0.15, 0.2) is 0 Å². The molecule has 3 saturated carbocycles. The highest BCUT2D eigenvalue weighted by molar-refractivity contribution is 5.38. The third kappa shape index (κ3) is 1.73. The predicted molar refractivity (Wildman–Crippen MR) is 76.0 cm³/mol. The first-order chi connectivity index (χ1) is 9.15. The third-order valence-corrected chi connectivity index (χ3v) is 5.83. The maximum Gasteiger partial charge on any atom is 0.120 e. The minimum absolute atomic E-state index is 0.260. The van der Waals surface area contributed by atoms with E-state index in [1.165, 1.54) is 19.3 Å². The van der Waals surface area contributed by atoms with Crippen LogP contribution in [0.2, 0.25) is 0 Å². The second-order valence-corrected chi connectivity index (χ2v) is 6.96. The second kappa shape index (κ2) is 3.99. The molecule has 1 aromatic carbocycles. The Kier molecular flexibility index (Phi) is 2.47. The minimum Gasteiger partial charge on any atom is -0.508 e. The molecule has 0 spiro atoms. The summed E-state index contributed by atoms with van der Waals surface area (Å²) in [5, 5.41) is 13.8. The Morgan fingerprint density at radius 2 is 1.89 bits per heavy atom. The van der Waals surface area contributed by atoms with Crippen LogP contribution in [-0.2, 0) is 0 Å². The van der Waals surface area contributed by atoms with Crippen LogP contribution in [0.3, 0.4) is 0 Å². The van der Waals surface area contributed by atoms with Crippen molar-refractivity contribution in [2.75, 3.05) is 0 Å². The molecule has 0 amide bonds. The normalized spacial score (nSPS) is 40.2. The summed E-state index contributed by atoms with van der Waals surface area (Å²) in [6.45, 7) is 4.20. The lowest BCUT2D eigenvalue weighted by atomic mass is 10.0. The molecule has 19 heavy (non-hydrogen) atoms. The van der Waals surface area contributed by atoms with Crippen LogP contribution in [0, 0.1) is 30.6 Å². The van der Waals surface area contributed by atoms with Crippen molar-refractivity contribution < 1.29 is 5.11 Å². The molecule has 2 bridgehead atoms. The molecular formula is C17H23NO. The van der Waals surface area contributed by atoms with Crippen molar-refractivity contribution in [1.29, 1.82) is 0 Å². The Morgan fingerprint density at radius 3 is 2.53 bits per heavy atom. The standard InChI is InChI=1S/C17H23NO/c1-9-3-6-13(14(19)7-9)10(2)18-17-15-11-4-5-12(8-11)16(15)17/h3,6-7,10-12,15-19H,4-5,8H2,1-2H3. The highest BCUT2D eigenvalue weighted by Gasteiger charge is 2.64. The Morgan fingerprint density at radius 1 is 1.21 bits per heavy atom. The van der Waals surface area contributed by atoms with Gasteiger partial charge in [-0.2, -0.15) is 0 Å². The number of aromatic hydroxyl groups is 1. The van der Waals surface area contributed by atoms with Crippen LogP contribution in [0.25, 0.3) is 0 Å². The molecule has 0 saturated heterocycles. The number of rotatable bonds is 3. The van der Waals surface area contributed by atoms with Crippen LogP contribution < -0.4 is 5.32 Å². The van der Waals surface area contributed by atoms with Crippen LogP contribution in [0.15, 0.2) is 18.2 Å². The summed E-state index contributed by atoms with van der Waals surface area (Å²) in [5.41, 5.74) is 2.16. The number of hydrogen-bond acceptors (Lipinski definition) is 2. The molecule has 0 radical (unpaired) electrons. The monoisotopic (exact) mass is 257 g/mol. The van der Waals surface area contributed by atoms with Crippen molar-refractivity contribution in [2.24, 2.45) is 23.7 Å². The molecule has 0 aromatic heterocycles. The average molecular weight is 257 g/mol. The van der Waals surface area contributed by atoms with Crippen molar-refractivity contribution in [1.82, 2.24) is 5.32 Å². The van der Waals surface area contributed by atoms with Gasteiger partial charge in [0, 0.05) is 17.6 Å². The van der Waals surface area contributed by atoms with Crippen LogP contribution in [0.4, 0.5) is 0 Å². The van der Waals surface area contributed by atoms with Gasteiger partial charge in [-0.05, 0) is 68.4 Å². The number of hydrogen-bond donors (Lipinski definition) is 2. The quantitative estimate of drug-likeness (QED) is 0.870. The van der Waals surface area contributed by atoms with E-state index in [0.717, 1.165) is 40.8 Å². The first kappa shape index (κ1) is 11.8. The molecule has 3 fully saturated rings. The van der Waals surface area contributed by atoms with E-state index >= 15 is 0 Å². The number of fused-ring (bicyclic) bond motifs is 5. The number of benzene rings is 1. The lowest BCUT2D eigenvalue weighted by Crippen LogP contribution is -2.26. The van der Waals surface area contributed by atoms with Gasteiger partial charge in [0.25, 0.3) is 0 Å². The van der Waals surface area contributed by atoms with Gasteiger partial charge in [0.1, 0.15) is 5.75 Å². The van der Waals surface area contributed by atoms with Gasteiger partial charge in [-0.1, -0.05) is 12.1 Å². The van der Waals surface area contributed by atoms with Crippen molar-refractivity contribution in [3.05, 3.63) is 29.3 Å². The summed E-state index contributed by atoms with van der Waals surface area (Å²) in [7, 11) is 0. The fourth-order valence-electron chi connectivity index (χ4n) is 4.95. The highest BCUT2D eigenvalue weighted by Crippen LogP contribution is 2.65. The van der Waals surface area contributed by atoms with Crippen LogP contribution in [0.1, 0.15) is 43.4 Å².